The van der Waals surface area contributed by atoms with E-state index < -0.39 is 11.9 Å². The summed E-state index contributed by atoms with van der Waals surface area (Å²) in [5.74, 6) is -2.68. The van der Waals surface area contributed by atoms with Crippen LogP contribution in [0.15, 0.2) is 53.1 Å². The van der Waals surface area contributed by atoms with Gasteiger partial charge in [0, 0.05) is 6.04 Å². The van der Waals surface area contributed by atoms with Crippen LogP contribution in [0.25, 0.3) is 0 Å². The van der Waals surface area contributed by atoms with E-state index in [0.29, 0.717) is 6.04 Å². The predicted molar refractivity (Wildman–Crippen MR) is 75.7 cm³/mol. The van der Waals surface area contributed by atoms with E-state index in [0.717, 1.165) is 12.3 Å². The van der Waals surface area contributed by atoms with Gasteiger partial charge in [-0.15, -0.1) is 0 Å². The molecule has 0 fully saturated rings. The van der Waals surface area contributed by atoms with Gasteiger partial charge in [-0.1, -0.05) is 30.3 Å². The summed E-state index contributed by atoms with van der Waals surface area (Å²) >= 11 is 0. The lowest BCUT2D eigenvalue weighted by Crippen LogP contribution is -2.17. The fraction of sp³-hybridized carbons (Fsp3) is 0.200. The minimum absolute atomic E-state index is 0.344. The Bertz CT molecular complexity index is 539. The predicted octanol–water partition coefficient (Wildman–Crippen LogP) is 2.29. The van der Waals surface area contributed by atoms with Crippen molar-refractivity contribution in [1.29, 1.82) is 0 Å². The van der Waals surface area contributed by atoms with Crippen molar-refractivity contribution in [3.05, 3.63) is 60.1 Å². The Morgan fingerprint density at radius 3 is 2.19 bits per heavy atom. The second-order valence-corrected chi connectivity index (χ2v) is 4.20. The molecule has 2 rings (SSSR count). The maximum atomic E-state index is 9.10. The van der Waals surface area contributed by atoms with Crippen LogP contribution >= 0.6 is 0 Å². The zero-order valence-electron chi connectivity index (χ0n) is 11.5. The van der Waals surface area contributed by atoms with Gasteiger partial charge in [0.05, 0.1) is 12.8 Å². The highest BCUT2D eigenvalue weighted by Crippen LogP contribution is 2.12. The van der Waals surface area contributed by atoms with Gasteiger partial charge in [-0.2, -0.15) is 0 Å². The van der Waals surface area contributed by atoms with Crippen molar-refractivity contribution in [3.63, 3.8) is 0 Å². The van der Waals surface area contributed by atoms with E-state index >= 15 is 0 Å². The van der Waals surface area contributed by atoms with Gasteiger partial charge in [0.15, 0.2) is 0 Å². The number of benzene rings is 1. The molecule has 0 spiro atoms. The summed E-state index contributed by atoms with van der Waals surface area (Å²) < 4.78 is 5.26. The lowest BCUT2D eigenvalue weighted by molar-refractivity contribution is -0.159. The summed E-state index contributed by atoms with van der Waals surface area (Å²) in [7, 11) is 0. The standard InChI is InChI=1S/C13H15NO.C2H2O4/c1-11(12-6-3-2-4-7-12)14-10-13-8-5-9-15-13;3-1(4)2(5)6/h2-9,11,14H,10H2,1H3;(H,3,4)(H,5,6)/t11-;/m0./s1. The van der Waals surface area contributed by atoms with Crippen LogP contribution in [-0.2, 0) is 16.1 Å². The summed E-state index contributed by atoms with van der Waals surface area (Å²) in [6, 6.07) is 14.6. The van der Waals surface area contributed by atoms with Crippen molar-refractivity contribution in [1.82, 2.24) is 5.32 Å². The number of hydrogen-bond donors (Lipinski definition) is 3. The second kappa shape index (κ2) is 8.55. The molecular formula is C15H17NO5. The van der Waals surface area contributed by atoms with E-state index in [2.05, 4.69) is 36.5 Å². The third kappa shape index (κ3) is 6.40. The number of hydrogen-bond acceptors (Lipinski definition) is 4. The largest absolute Gasteiger partial charge is 0.473 e. The fourth-order valence-corrected chi connectivity index (χ4v) is 1.53. The molecule has 3 N–H and O–H groups in total. The Morgan fingerprint density at radius 1 is 1.10 bits per heavy atom. The molecule has 6 nitrogen and oxygen atoms in total. The van der Waals surface area contributed by atoms with Gasteiger partial charge in [-0.25, -0.2) is 9.59 Å². The van der Waals surface area contributed by atoms with E-state index in [1.165, 1.54) is 5.56 Å². The Kier molecular flexibility index (Phi) is 6.70. The third-order valence-corrected chi connectivity index (χ3v) is 2.65. The zero-order valence-corrected chi connectivity index (χ0v) is 11.5. The van der Waals surface area contributed by atoms with Crippen LogP contribution in [0.5, 0.6) is 0 Å². The van der Waals surface area contributed by atoms with Crippen molar-refractivity contribution >= 4 is 11.9 Å². The van der Waals surface area contributed by atoms with E-state index in [9.17, 15) is 0 Å². The molecule has 1 aromatic heterocycles. The fourth-order valence-electron chi connectivity index (χ4n) is 1.53. The molecule has 112 valence electrons. The number of carboxylic acids is 2. The van der Waals surface area contributed by atoms with Crippen LogP contribution in [0.2, 0.25) is 0 Å². The molecule has 0 radical (unpaired) electrons. The lowest BCUT2D eigenvalue weighted by atomic mass is 10.1. The molecule has 0 bridgehead atoms. The first-order valence-electron chi connectivity index (χ1n) is 6.27. The Hall–Kier alpha value is -2.60. The van der Waals surface area contributed by atoms with Gasteiger partial charge in [0.25, 0.3) is 0 Å². The van der Waals surface area contributed by atoms with Gasteiger partial charge < -0.3 is 19.9 Å². The van der Waals surface area contributed by atoms with Crippen LogP contribution in [0.4, 0.5) is 0 Å². The molecule has 0 amide bonds. The quantitative estimate of drug-likeness (QED) is 0.747. The maximum absolute atomic E-state index is 9.10. The summed E-state index contributed by atoms with van der Waals surface area (Å²) in [5, 5.41) is 18.2. The van der Waals surface area contributed by atoms with Crippen molar-refractivity contribution in [2.24, 2.45) is 0 Å². The summed E-state index contributed by atoms with van der Waals surface area (Å²) in [6.07, 6.45) is 1.70. The van der Waals surface area contributed by atoms with Crippen LogP contribution in [0.3, 0.4) is 0 Å². The van der Waals surface area contributed by atoms with Crippen molar-refractivity contribution in [2.45, 2.75) is 19.5 Å². The van der Waals surface area contributed by atoms with E-state index in [4.69, 9.17) is 24.2 Å². The first-order chi connectivity index (χ1) is 10.0. The third-order valence-electron chi connectivity index (χ3n) is 2.65. The number of furan rings is 1. The molecule has 1 aromatic carbocycles. The van der Waals surface area contributed by atoms with Gasteiger partial charge in [0.1, 0.15) is 5.76 Å². The maximum Gasteiger partial charge on any atom is 0.414 e. The topological polar surface area (TPSA) is 99.8 Å². The van der Waals surface area contributed by atoms with Gasteiger partial charge in [-0.05, 0) is 24.6 Å². The Labute approximate surface area is 122 Å². The van der Waals surface area contributed by atoms with Crippen LogP contribution < -0.4 is 5.32 Å². The molecule has 0 aliphatic heterocycles. The Balaban J connectivity index is 0.000000315. The lowest BCUT2D eigenvalue weighted by Gasteiger charge is -2.12. The smallest absolute Gasteiger partial charge is 0.414 e. The Morgan fingerprint density at radius 2 is 1.71 bits per heavy atom. The number of aliphatic carboxylic acids is 2. The molecule has 0 unspecified atom stereocenters. The molecule has 0 saturated carbocycles. The SMILES string of the molecule is C[C@H](NCc1ccco1)c1ccccc1.O=C(O)C(=O)O. The minimum atomic E-state index is -1.82. The highest BCUT2D eigenvalue weighted by Gasteiger charge is 2.04. The number of nitrogens with one attached hydrogen (secondary N) is 1. The van der Waals surface area contributed by atoms with Crippen molar-refractivity contribution < 1.29 is 24.2 Å². The van der Waals surface area contributed by atoms with Crippen molar-refractivity contribution in [2.75, 3.05) is 0 Å². The summed E-state index contributed by atoms with van der Waals surface area (Å²) in [5.41, 5.74) is 1.30. The molecule has 2 aromatic rings. The molecule has 0 aliphatic carbocycles. The zero-order chi connectivity index (χ0) is 15.7. The first-order valence-corrected chi connectivity index (χ1v) is 6.27. The second-order valence-electron chi connectivity index (χ2n) is 4.20. The molecule has 0 saturated heterocycles. The average molecular weight is 291 g/mol. The molecule has 0 aliphatic rings. The van der Waals surface area contributed by atoms with E-state index in [1.54, 1.807) is 6.26 Å². The van der Waals surface area contributed by atoms with E-state index in [-0.39, 0.29) is 0 Å². The number of carbonyl (C=O) groups is 2. The van der Waals surface area contributed by atoms with Gasteiger partial charge in [0.2, 0.25) is 0 Å². The van der Waals surface area contributed by atoms with Gasteiger partial charge in [-0.3, -0.25) is 0 Å². The normalized spacial score (nSPS) is 11.1. The molecule has 1 heterocycles. The summed E-state index contributed by atoms with van der Waals surface area (Å²) in [6.45, 7) is 2.92. The van der Waals surface area contributed by atoms with E-state index in [1.807, 2.05) is 18.2 Å². The van der Waals surface area contributed by atoms with Crippen LogP contribution in [0.1, 0.15) is 24.3 Å². The first kappa shape index (κ1) is 16.5. The monoisotopic (exact) mass is 291 g/mol. The average Bonchev–Trinajstić information content (AvgIpc) is 2.99. The van der Waals surface area contributed by atoms with Crippen molar-refractivity contribution in [3.8, 4) is 0 Å². The molecule has 6 heteroatoms. The van der Waals surface area contributed by atoms with Crippen LogP contribution in [-0.4, -0.2) is 22.2 Å². The highest BCUT2D eigenvalue weighted by molar-refractivity contribution is 6.27. The molecule has 21 heavy (non-hydrogen) atoms. The summed E-state index contributed by atoms with van der Waals surface area (Å²) in [4.78, 5) is 18.2. The number of carboxylic acid groups (broad SMARTS) is 2. The van der Waals surface area contributed by atoms with Crippen LogP contribution in [0, 0.1) is 0 Å². The van der Waals surface area contributed by atoms with Gasteiger partial charge >= 0.3 is 11.9 Å². The minimum Gasteiger partial charge on any atom is -0.473 e. The molecular weight excluding hydrogens is 274 g/mol. The molecule has 1 atom stereocenters. The highest BCUT2D eigenvalue weighted by atomic mass is 16.4. The number of rotatable bonds is 4.